The van der Waals surface area contributed by atoms with Crippen LogP contribution < -0.4 is 0 Å². The van der Waals surface area contributed by atoms with Crippen molar-refractivity contribution in [3.05, 3.63) is 12.7 Å². The van der Waals surface area contributed by atoms with Crippen molar-refractivity contribution in [1.29, 1.82) is 0 Å². The molecule has 15 heteroatoms. The summed E-state index contributed by atoms with van der Waals surface area (Å²) in [5.74, 6) is -0.598. The van der Waals surface area contributed by atoms with Gasteiger partial charge in [0.2, 0.25) is 0 Å². The lowest BCUT2D eigenvalue weighted by molar-refractivity contribution is -0.145. The molecular weight excluding hydrogens is 756 g/mol. The molecule has 0 fully saturated rings. The predicted octanol–water partition coefficient (Wildman–Crippen LogP) is 5.92. The summed E-state index contributed by atoms with van der Waals surface area (Å²) in [6, 6.07) is 0. The number of hydrogen-bond acceptors (Lipinski definition) is 15. The number of ether oxygens (including phenoxy) is 13. The van der Waals surface area contributed by atoms with E-state index in [0.29, 0.717) is 152 Å². The highest BCUT2D eigenvalue weighted by molar-refractivity contribution is 5.81. The van der Waals surface area contributed by atoms with E-state index in [2.05, 4.69) is 13.5 Å². The van der Waals surface area contributed by atoms with Gasteiger partial charge >= 0.3 is 11.9 Å². The van der Waals surface area contributed by atoms with Gasteiger partial charge in [0.25, 0.3) is 0 Å². The monoisotopic (exact) mass is 839 g/mol. The summed E-state index contributed by atoms with van der Waals surface area (Å²) in [5, 5.41) is 0. The fourth-order valence-corrected chi connectivity index (χ4v) is 5.14. The van der Waals surface area contributed by atoms with Crippen LogP contribution in [0.1, 0.15) is 96.8 Å². The van der Waals surface area contributed by atoms with Crippen molar-refractivity contribution in [3.8, 4) is 0 Å². The normalized spacial score (nSPS) is 11.3. The standard InChI is InChI=1S/C43H82O15/c1-3-5-6-7-8-9-10-11-12-13-14-15-16-17-43(45)58-41-39-56-37-35-54-33-31-52-29-27-50-25-23-48-21-19-46-18-20-47-22-24-49-26-28-51-30-32-53-34-36-55-38-40-57-42(44)4-2/h4H,2-3,5-41H2,1H3. The van der Waals surface area contributed by atoms with Crippen LogP contribution in [0.15, 0.2) is 12.7 Å². The van der Waals surface area contributed by atoms with Gasteiger partial charge in [-0.1, -0.05) is 90.6 Å². The summed E-state index contributed by atoms with van der Waals surface area (Å²) in [6.07, 6.45) is 18.4. The molecule has 0 heterocycles. The van der Waals surface area contributed by atoms with Crippen molar-refractivity contribution in [2.45, 2.75) is 96.8 Å². The Morgan fingerprint density at radius 3 is 0.810 bits per heavy atom. The van der Waals surface area contributed by atoms with Crippen LogP contribution in [-0.4, -0.2) is 171 Å². The first-order valence-electron chi connectivity index (χ1n) is 22.0. The average Bonchev–Trinajstić information content (AvgIpc) is 3.23. The van der Waals surface area contributed by atoms with Crippen LogP contribution in [-0.2, 0) is 71.2 Å². The first-order valence-corrected chi connectivity index (χ1v) is 22.0. The van der Waals surface area contributed by atoms with E-state index in [0.717, 1.165) is 18.9 Å². The minimum absolute atomic E-state index is 0.136. The minimum atomic E-state index is -0.461. The van der Waals surface area contributed by atoms with Crippen molar-refractivity contribution < 1.29 is 71.2 Å². The summed E-state index contributed by atoms with van der Waals surface area (Å²) in [5.41, 5.74) is 0. The molecular formula is C43H82O15. The number of carbonyl (C=O) groups excluding carboxylic acids is 2. The molecule has 0 saturated heterocycles. The van der Waals surface area contributed by atoms with Gasteiger partial charge in [0.15, 0.2) is 0 Å². The second kappa shape index (κ2) is 51.4. The summed E-state index contributed by atoms with van der Waals surface area (Å²) < 4.78 is 70.0. The number of unbranched alkanes of at least 4 members (excludes halogenated alkanes) is 12. The van der Waals surface area contributed by atoms with Gasteiger partial charge in [0, 0.05) is 12.5 Å². The third-order valence-corrected chi connectivity index (χ3v) is 8.33. The highest BCUT2D eigenvalue weighted by atomic mass is 16.6. The molecule has 0 amide bonds. The zero-order valence-corrected chi connectivity index (χ0v) is 36.3. The van der Waals surface area contributed by atoms with Crippen LogP contribution in [0, 0.1) is 0 Å². The van der Waals surface area contributed by atoms with Gasteiger partial charge in [0.05, 0.1) is 145 Å². The average molecular weight is 839 g/mol. The maximum Gasteiger partial charge on any atom is 0.330 e. The Bertz CT molecular complexity index is 836. The molecule has 0 bridgehead atoms. The van der Waals surface area contributed by atoms with Crippen molar-refractivity contribution in [2.75, 3.05) is 159 Å². The van der Waals surface area contributed by atoms with Crippen LogP contribution in [0.5, 0.6) is 0 Å². The molecule has 0 aromatic carbocycles. The van der Waals surface area contributed by atoms with Gasteiger partial charge in [-0.2, -0.15) is 0 Å². The predicted molar refractivity (Wildman–Crippen MR) is 221 cm³/mol. The molecule has 0 rings (SSSR count). The smallest absolute Gasteiger partial charge is 0.330 e. The van der Waals surface area contributed by atoms with E-state index >= 15 is 0 Å². The number of rotatable bonds is 51. The Labute approximate surface area is 350 Å². The van der Waals surface area contributed by atoms with Gasteiger partial charge in [-0.3, -0.25) is 4.79 Å². The molecule has 58 heavy (non-hydrogen) atoms. The van der Waals surface area contributed by atoms with E-state index in [9.17, 15) is 9.59 Å². The molecule has 0 aromatic rings. The molecule has 0 atom stereocenters. The second-order valence-electron chi connectivity index (χ2n) is 13.3. The van der Waals surface area contributed by atoms with Gasteiger partial charge in [-0.25, -0.2) is 4.79 Å². The molecule has 344 valence electrons. The Morgan fingerprint density at radius 2 is 0.552 bits per heavy atom. The van der Waals surface area contributed by atoms with Crippen LogP contribution in [0.4, 0.5) is 0 Å². The maximum atomic E-state index is 11.9. The zero-order valence-electron chi connectivity index (χ0n) is 36.3. The molecule has 0 aliphatic heterocycles. The van der Waals surface area contributed by atoms with Gasteiger partial charge in [-0.05, 0) is 6.42 Å². The van der Waals surface area contributed by atoms with Crippen LogP contribution in [0.3, 0.4) is 0 Å². The molecule has 0 aromatic heterocycles. The maximum absolute atomic E-state index is 11.9. The fourth-order valence-electron chi connectivity index (χ4n) is 5.14. The largest absolute Gasteiger partial charge is 0.463 e. The van der Waals surface area contributed by atoms with Gasteiger partial charge < -0.3 is 61.6 Å². The van der Waals surface area contributed by atoms with E-state index in [-0.39, 0.29) is 19.2 Å². The van der Waals surface area contributed by atoms with E-state index in [4.69, 9.17) is 61.6 Å². The number of hydrogen-bond donors (Lipinski definition) is 0. The van der Waals surface area contributed by atoms with E-state index in [1.54, 1.807) is 0 Å². The lowest BCUT2D eigenvalue weighted by Gasteiger charge is -2.09. The van der Waals surface area contributed by atoms with E-state index in [1.807, 2.05) is 0 Å². The van der Waals surface area contributed by atoms with E-state index in [1.165, 1.54) is 70.6 Å². The first-order chi connectivity index (χ1) is 28.7. The molecule has 0 saturated carbocycles. The quantitative estimate of drug-likeness (QED) is 0.0404. The highest BCUT2D eigenvalue weighted by Gasteiger charge is 2.03. The van der Waals surface area contributed by atoms with Crippen molar-refractivity contribution in [3.63, 3.8) is 0 Å². The molecule has 0 N–H and O–H groups in total. The van der Waals surface area contributed by atoms with Gasteiger partial charge in [-0.15, -0.1) is 0 Å². The van der Waals surface area contributed by atoms with Crippen molar-refractivity contribution >= 4 is 11.9 Å². The highest BCUT2D eigenvalue weighted by Crippen LogP contribution is 2.13. The Balaban J connectivity index is 3.13. The SMILES string of the molecule is C=CC(=O)OCCOCCOCCOCCOCCOCCOCCOCCOCCOCCOCCOCCOC(=O)CCCCCCCCCCCCCCC. The van der Waals surface area contributed by atoms with Crippen molar-refractivity contribution in [1.82, 2.24) is 0 Å². The fraction of sp³-hybridized carbons (Fsp3) is 0.907. The van der Waals surface area contributed by atoms with Crippen LogP contribution >= 0.6 is 0 Å². The zero-order chi connectivity index (χ0) is 41.9. The van der Waals surface area contributed by atoms with E-state index < -0.39 is 5.97 Å². The number of carbonyl (C=O) groups is 2. The second-order valence-corrected chi connectivity index (χ2v) is 13.3. The third kappa shape index (κ3) is 50.4. The Hall–Kier alpha value is -1.76. The van der Waals surface area contributed by atoms with Crippen LogP contribution in [0.2, 0.25) is 0 Å². The minimum Gasteiger partial charge on any atom is -0.463 e. The molecule has 0 aliphatic carbocycles. The molecule has 0 radical (unpaired) electrons. The first kappa shape index (κ1) is 56.2. The molecule has 0 unspecified atom stereocenters. The Morgan fingerprint density at radius 1 is 0.328 bits per heavy atom. The van der Waals surface area contributed by atoms with Crippen LogP contribution in [0.25, 0.3) is 0 Å². The molecule has 15 nitrogen and oxygen atoms in total. The lowest BCUT2D eigenvalue weighted by atomic mass is 10.0. The van der Waals surface area contributed by atoms with Crippen molar-refractivity contribution in [2.24, 2.45) is 0 Å². The molecule has 0 spiro atoms. The summed E-state index contributed by atoms with van der Waals surface area (Å²) in [6.45, 7) is 16.3. The summed E-state index contributed by atoms with van der Waals surface area (Å²) in [7, 11) is 0. The summed E-state index contributed by atoms with van der Waals surface area (Å²) >= 11 is 0. The molecule has 0 aliphatic rings. The topological polar surface area (TPSA) is 154 Å². The number of esters is 2. The lowest BCUT2D eigenvalue weighted by Crippen LogP contribution is -2.16. The summed E-state index contributed by atoms with van der Waals surface area (Å²) in [4.78, 5) is 22.7. The van der Waals surface area contributed by atoms with Gasteiger partial charge in [0.1, 0.15) is 13.2 Å². The Kier molecular flexibility index (Phi) is 49.8. The third-order valence-electron chi connectivity index (χ3n) is 8.33.